The number of furan rings is 1. The molecular weight excluding hydrogens is 292 g/mol. The van der Waals surface area contributed by atoms with E-state index in [1.165, 1.54) is 0 Å². The van der Waals surface area contributed by atoms with Crippen molar-refractivity contribution >= 4 is 17.2 Å². The molecule has 23 heavy (non-hydrogen) atoms. The summed E-state index contributed by atoms with van der Waals surface area (Å²) in [4.78, 5) is 4.43. The molecule has 2 N–H and O–H groups in total. The van der Waals surface area contributed by atoms with Crippen molar-refractivity contribution < 1.29 is 14.3 Å². The van der Waals surface area contributed by atoms with E-state index in [9.17, 15) is 5.11 Å². The van der Waals surface area contributed by atoms with Gasteiger partial charge < -0.3 is 14.3 Å². The summed E-state index contributed by atoms with van der Waals surface area (Å²) in [7, 11) is 1.68. The van der Waals surface area contributed by atoms with E-state index in [0.717, 1.165) is 35.3 Å². The first-order chi connectivity index (χ1) is 11.3. The van der Waals surface area contributed by atoms with Gasteiger partial charge in [-0.25, -0.2) is 0 Å². The van der Waals surface area contributed by atoms with Crippen LogP contribution in [0.4, 0.5) is 0 Å². The second-order valence-electron chi connectivity index (χ2n) is 5.76. The number of hydrogen-bond donors (Lipinski definition) is 2. The molecule has 122 valence electrons. The molecule has 0 amide bonds. The molecule has 1 fully saturated rings. The lowest BCUT2D eigenvalue weighted by Crippen LogP contribution is -2.16. The van der Waals surface area contributed by atoms with Crippen LogP contribution in [-0.4, -0.2) is 38.2 Å². The molecule has 0 bridgehead atoms. The van der Waals surface area contributed by atoms with E-state index in [2.05, 4.69) is 16.4 Å². The summed E-state index contributed by atoms with van der Waals surface area (Å²) in [5.41, 5.74) is 1.62. The Kier molecular flexibility index (Phi) is 4.91. The molecular formula is C18H22N2O3. The zero-order valence-electron chi connectivity index (χ0n) is 13.3. The van der Waals surface area contributed by atoms with E-state index in [1.54, 1.807) is 7.11 Å². The second kappa shape index (κ2) is 7.08. The first-order valence-corrected chi connectivity index (χ1v) is 7.78. The Labute approximate surface area is 135 Å². The summed E-state index contributed by atoms with van der Waals surface area (Å²) < 4.78 is 10.8. The minimum atomic E-state index is -0.369. The van der Waals surface area contributed by atoms with Crippen LogP contribution in [-0.2, 0) is 16.8 Å². The molecule has 2 heterocycles. The van der Waals surface area contributed by atoms with E-state index in [4.69, 9.17) is 9.15 Å². The summed E-state index contributed by atoms with van der Waals surface area (Å²) in [6.45, 7) is 2.10. The SMILES string of the molecule is COC/C=C\CC=NCc1ccc2oc(C3(CO)CN3)cc2c1. The third kappa shape index (κ3) is 3.69. The highest BCUT2D eigenvalue weighted by molar-refractivity contribution is 5.79. The minimum absolute atomic E-state index is 0.0561. The number of hydrogen-bond acceptors (Lipinski definition) is 5. The fourth-order valence-corrected chi connectivity index (χ4v) is 2.46. The average molecular weight is 314 g/mol. The summed E-state index contributed by atoms with van der Waals surface area (Å²) in [5.74, 6) is 0.805. The van der Waals surface area contributed by atoms with E-state index >= 15 is 0 Å². The molecule has 0 saturated carbocycles. The predicted octanol–water partition coefficient (Wildman–Crippen LogP) is 2.39. The molecule has 5 heteroatoms. The highest BCUT2D eigenvalue weighted by Gasteiger charge is 2.46. The number of aliphatic imine (C=N–C) groups is 1. The van der Waals surface area contributed by atoms with Gasteiger partial charge in [0.15, 0.2) is 0 Å². The summed E-state index contributed by atoms with van der Waals surface area (Å²) in [6, 6.07) is 8.09. The second-order valence-corrected chi connectivity index (χ2v) is 5.76. The summed E-state index contributed by atoms with van der Waals surface area (Å²) >= 11 is 0. The molecule has 1 aromatic heterocycles. The highest BCUT2D eigenvalue weighted by atomic mass is 16.5. The lowest BCUT2D eigenvalue weighted by atomic mass is 10.1. The minimum Gasteiger partial charge on any atom is -0.459 e. The molecule has 0 aliphatic carbocycles. The van der Waals surface area contributed by atoms with Gasteiger partial charge in [-0.05, 0) is 23.8 Å². The molecule has 1 saturated heterocycles. The number of nitrogens with one attached hydrogen (secondary N) is 1. The highest BCUT2D eigenvalue weighted by Crippen LogP contribution is 2.34. The van der Waals surface area contributed by atoms with Crippen LogP contribution in [0.5, 0.6) is 0 Å². The van der Waals surface area contributed by atoms with Gasteiger partial charge >= 0.3 is 0 Å². The number of ether oxygens (including phenoxy) is 1. The number of aliphatic hydroxyl groups is 1. The van der Waals surface area contributed by atoms with Gasteiger partial charge in [0.2, 0.25) is 0 Å². The molecule has 1 atom stereocenters. The third-order valence-electron chi connectivity index (χ3n) is 4.00. The van der Waals surface area contributed by atoms with E-state index in [1.807, 2.05) is 36.6 Å². The Bertz CT molecular complexity index is 714. The van der Waals surface area contributed by atoms with Crippen LogP contribution >= 0.6 is 0 Å². The van der Waals surface area contributed by atoms with Gasteiger partial charge in [0.05, 0.1) is 19.8 Å². The van der Waals surface area contributed by atoms with Crippen LogP contribution in [0.25, 0.3) is 11.0 Å². The van der Waals surface area contributed by atoms with Gasteiger partial charge in [-0.3, -0.25) is 10.3 Å². The Morgan fingerprint density at radius 3 is 3.00 bits per heavy atom. The number of fused-ring (bicyclic) bond motifs is 1. The van der Waals surface area contributed by atoms with Crippen molar-refractivity contribution in [3.8, 4) is 0 Å². The summed E-state index contributed by atoms with van der Waals surface area (Å²) in [5, 5.41) is 13.7. The average Bonchev–Trinajstić information content (AvgIpc) is 3.26. The maximum Gasteiger partial charge on any atom is 0.134 e. The molecule has 1 aliphatic rings. The molecule has 2 aromatic rings. The molecule has 0 spiro atoms. The molecule has 1 unspecified atom stereocenters. The van der Waals surface area contributed by atoms with Gasteiger partial charge in [0.1, 0.15) is 16.9 Å². The molecule has 3 rings (SSSR count). The van der Waals surface area contributed by atoms with Crippen molar-refractivity contribution in [2.24, 2.45) is 4.99 Å². The topological polar surface area (TPSA) is 76.9 Å². The number of aliphatic hydroxyl groups excluding tert-OH is 1. The van der Waals surface area contributed by atoms with Crippen molar-refractivity contribution in [1.29, 1.82) is 0 Å². The zero-order chi connectivity index (χ0) is 16.1. The fourth-order valence-electron chi connectivity index (χ4n) is 2.46. The standard InChI is InChI=1S/C18H22N2O3/c1-22-8-4-2-3-7-19-11-14-5-6-16-15(9-14)10-17(23-16)18(13-21)12-20-18/h2,4-7,9-10,20-21H,3,8,11-13H2,1H3/b4-2-,19-7?. The van der Waals surface area contributed by atoms with E-state index in [0.29, 0.717) is 13.2 Å². The van der Waals surface area contributed by atoms with Crippen LogP contribution < -0.4 is 5.32 Å². The maximum atomic E-state index is 9.46. The monoisotopic (exact) mass is 314 g/mol. The van der Waals surface area contributed by atoms with Crippen molar-refractivity contribution in [1.82, 2.24) is 5.32 Å². The fraction of sp³-hybridized carbons (Fsp3) is 0.389. The van der Waals surface area contributed by atoms with Crippen molar-refractivity contribution in [3.63, 3.8) is 0 Å². The number of nitrogens with zero attached hydrogens (tertiary/aromatic N) is 1. The van der Waals surface area contributed by atoms with Crippen LogP contribution in [0.2, 0.25) is 0 Å². The molecule has 1 aliphatic heterocycles. The van der Waals surface area contributed by atoms with Gasteiger partial charge in [0.25, 0.3) is 0 Å². The van der Waals surface area contributed by atoms with E-state index < -0.39 is 0 Å². The number of methoxy groups -OCH3 is 1. The van der Waals surface area contributed by atoms with Crippen LogP contribution in [0.15, 0.2) is 45.8 Å². The van der Waals surface area contributed by atoms with Crippen molar-refractivity contribution in [2.75, 3.05) is 26.9 Å². The molecule has 5 nitrogen and oxygen atoms in total. The number of allylic oxidation sites excluding steroid dienone is 1. The van der Waals surface area contributed by atoms with E-state index in [-0.39, 0.29) is 12.1 Å². The Morgan fingerprint density at radius 2 is 2.26 bits per heavy atom. The van der Waals surface area contributed by atoms with Gasteiger partial charge in [-0.2, -0.15) is 0 Å². The van der Waals surface area contributed by atoms with Crippen molar-refractivity contribution in [2.45, 2.75) is 18.5 Å². The van der Waals surface area contributed by atoms with Gasteiger partial charge in [0, 0.05) is 31.7 Å². The first-order valence-electron chi connectivity index (χ1n) is 7.78. The van der Waals surface area contributed by atoms with Gasteiger partial charge in [-0.15, -0.1) is 0 Å². The van der Waals surface area contributed by atoms with Crippen LogP contribution in [0.3, 0.4) is 0 Å². The van der Waals surface area contributed by atoms with Crippen LogP contribution in [0.1, 0.15) is 17.7 Å². The van der Waals surface area contributed by atoms with Crippen LogP contribution in [0, 0.1) is 0 Å². The Morgan fingerprint density at radius 1 is 1.39 bits per heavy atom. The quantitative estimate of drug-likeness (QED) is 0.445. The number of benzene rings is 1. The molecule has 0 radical (unpaired) electrons. The lowest BCUT2D eigenvalue weighted by Gasteiger charge is -2.04. The predicted molar refractivity (Wildman–Crippen MR) is 90.8 cm³/mol. The van der Waals surface area contributed by atoms with Crippen molar-refractivity contribution in [3.05, 3.63) is 47.7 Å². The normalized spacial score (nSPS) is 21.0. The largest absolute Gasteiger partial charge is 0.459 e. The maximum absolute atomic E-state index is 9.46. The molecule has 1 aromatic carbocycles. The van der Waals surface area contributed by atoms with Gasteiger partial charge in [-0.1, -0.05) is 18.2 Å². The third-order valence-corrected chi connectivity index (χ3v) is 4.00. The summed E-state index contributed by atoms with van der Waals surface area (Å²) in [6.07, 6.45) is 6.74. The smallest absolute Gasteiger partial charge is 0.134 e. The Balaban J connectivity index is 1.63. The number of rotatable bonds is 8. The first kappa shape index (κ1) is 15.9. The Hall–Kier alpha value is -1.95. The zero-order valence-corrected chi connectivity index (χ0v) is 13.3. The lowest BCUT2D eigenvalue weighted by molar-refractivity contribution is 0.233.